The van der Waals surface area contributed by atoms with Gasteiger partial charge in [0.1, 0.15) is 5.15 Å². The number of anilines is 1. The highest BCUT2D eigenvalue weighted by Gasteiger charge is 2.15. The number of halogens is 1. The topological polar surface area (TPSA) is 115 Å². The fraction of sp³-hybridized carbons (Fsp3) is 0. The van der Waals surface area contributed by atoms with Crippen molar-refractivity contribution >= 4 is 33.3 Å². The van der Waals surface area contributed by atoms with Gasteiger partial charge in [-0.05, 0) is 24.3 Å². The number of hydrogen-bond donors (Lipinski definition) is 2. The van der Waals surface area contributed by atoms with Gasteiger partial charge in [0.15, 0.2) is 5.82 Å². The van der Waals surface area contributed by atoms with Gasteiger partial charge in [0.05, 0.1) is 17.3 Å². The molecular formula is C11H9ClN4O3S. The summed E-state index contributed by atoms with van der Waals surface area (Å²) in [5, 5.41) is 0.0641. The molecule has 0 radical (unpaired) electrons. The molecule has 0 aliphatic heterocycles. The van der Waals surface area contributed by atoms with Crippen LogP contribution in [0.15, 0.2) is 41.6 Å². The van der Waals surface area contributed by atoms with Crippen LogP contribution in [-0.4, -0.2) is 24.3 Å². The first-order chi connectivity index (χ1) is 9.38. The number of nitrogens with two attached hydrogens (primary N) is 1. The van der Waals surface area contributed by atoms with Gasteiger partial charge in [0.2, 0.25) is 5.91 Å². The van der Waals surface area contributed by atoms with Crippen LogP contribution in [0.4, 0.5) is 5.82 Å². The third-order valence-corrected chi connectivity index (χ3v) is 3.85. The average Bonchev–Trinajstić information content (AvgIpc) is 2.38. The lowest BCUT2D eigenvalue weighted by molar-refractivity contribution is 0.1000. The van der Waals surface area contributed by atoms with Crippen LogP contribution in [0.2, 0.25) is 5.15 Å². The Morgan fingerprint density at radius 1 is 1.20 bits per heavy atom. The van der Waals surface area contributed by atoms with Gasteiger partial charge in [-0.15, -0.1) is 0 Å². The number of carbonyl (C=O) groups is 1. The molecule has 1 heterocycles. The summed E-state index contributed by atoms with van der Waals surface area (Å²) in [5.74, 6) is -0.640. The molecule has 0 fully saturated rings. The summed E-state index contributed by atoms with van der Waals surface area (Å²) in [7, 11) is -3.84. The molecule has 2 aromatic rings. The molecule has 2 rings (SSSR count). The van der Waals surface area contributed by atoms with Gasteiger partial charge in [-0.25, -0.2) is 13.4 Å². The number of nitrogens with zero attached hydrogens (tertiary/aromatic N) is 2. The SMILES string of the molecule is NC(=O)c1ccc(S(=O)(=O)Nc2cncc(Cl)n2)cc1. The number of sulfonamides is 1. The first-order valence-corrected chi connectivity index (χ1v) is 7.15. The van der Waals surface area contributed by atoms with Crippen LogP contribution in [0, 0.1) is 0 Å². The molecule has 1 aromatic carbocycles. The number of hydrogen-bond acceptors (Lipinski definition) is 5. The molecule has 0 spiro atoms. The van der Waals surface area contributed by atoms with Gasteiger partial charge in [-0.1, -0.05) is 11.6 Å². The Balaban J connectivity index is 2.28. The van der Waals surface area contributed by atoms with Crippen molar-refractivity contribution in [2.75, 3.05) is 4.72 Å². The lowest BCUT2D eigenvalue weighted by Gasteiger charge is -2.07. The van der Waals surface area contributed by atoms with Gasteiger partial charge in [0, 0.05) is 5.56 Å². The van der Waals surface area contributed by atoms with E-state index in [9.17, 15) is 13.2 Å². The van der Waals surface area contributed by atoms with Crippen LogP contribution in [0.25, 0.3) is 0 Å². The maximum Gasteiger partial charge on any atom is 0.263 e. The van der Waals surface area contributed by atoms with Crippen LogP contribution in [0.5, 0.6) is 0 Å². The Labute approximate surface area is 119 Å². The maximum atomic E-state index is 12.1. The molecule has 1 amide bonds. The smallest absolute Gasteiger partial charge is 0.263 e. The molecule has 9 heteroatoms. The predicted molar refractivity (Wildman–Crippen MR) is 72.8 cm³/mol. The highest BCUT2D eigenvalue weighted by atomic mass is 35.5. The highest BCUT2D eigenvalue weighted by Crippen LogP contribution is 2.15. The van der Waals surface area contributed by atoms with E-state index in [0.29, 0.717) is 0 Å². The van der Waals surface area contributed by atoms with Crippen LogP contribution in [0.1, 0.15) is 10.4 Å². The number of benzene rings is 1. The predicted octanol–water partition coefficient (Wildman–Crippen LogP) is 1.03. The first kappa shape index (κ1) is 14.2. The Morgan fingerprint density at radius 2 is 1.85 bits per heavy atom. The molecular weight excluding hydrogens is 304 g/mol. The molecule has 0 saturated heterocycles. The molecule has 0 saturated carbocycles. The number of amides is 1. The van der Waals surface area contributed by atoms with Crippen molar-refractivity contribution < 1.29 is 13.2 Å². The minimum atomic E-state index is -3.84. The van der Waals surface area contributed by atoms with Crippen LogP contribution >= 0.6 is 11.6 Å². The van der Waals surface area contributed by atoms with E-state index in [0.717, 1.165) is 0 Å². The summed E-state index contributed by atoms with van der Waals surface area (Å²) in [4.78, 5) is 18.4. The molecule has 3 N–H and O–H groups in total. The zero-order valence-corrected chi connectivity index (χ0v) is 11.5. The standard InChI is InChI=1S/C11H9ClN4O3S/c12-9-5-14-6-10(15-9)16-20(18,19)8-3-1-7(2-4-8)11(13)17/h1-6H,(H2,13,17)(H,15,16). The number of nitrogens with one attached hydrogen (secondary N) is 1. The molecule has 20 heavy (non-hydrogen) atoms. The van der Waals surface area contributed by atoms with Gasteiger partial charge >= 0.3 is 0 Å². The monoisotopic (exact) mass is 312 g/mol. The van der Waals surface area contributed by atoms with Crippen molar-refractivity contribution in [2.24, 2.45) is 5.73 Å². The number of primary amides is 1. The maximum absolute atomic E-state index is 12.1. The average molecular weight is 313 g/mol. The third-order valence-electron chi connectivity index (χ3n) is 2.29. The number of rotatable bonds is 4. The fourth-order valence-corrected chi connectivity index (χ4v) is 2.52. The largest absolute Gasteiger partial charge is 0.366 e. The van der Waals surface area contributed by atoms with Crippen LogP contribution < -0.4 is 10.5 Å². The third kappa shape index (κ3) is 3.22. The van der Waals surface area contributed by atoms with E-state index in [1.807, 2.05) is 0 Å². The van der Waals surface area contributed by atoms with Crippen LogP contribution in [-0.2, 0) is 10.0 Å². The summed E-state index contributed by atoms with van der Waals surface area (Å²) in [6, 6.07) is 5.17. The molecule has 0 aliphatic rings. The van der Waals surface area contributed by atoms with E-state index in [2.05, 4.69) is 14.7 Å². The van der Waals surface area contributed by atoms with E-state index in [4.69, 9.17) is 17.3 Å². The van der Waals surface area contributed by atoms with E-state index in [-0.39, 0.29) is 21.4 Å². The van der Waals surface area contributed by atoms with E-state index in [1.54, 1.807) is 0 Å². The second kappa shape index (κ2) is 5.43. The van der Waals surface area contributed by atoms with Crippen molar-refractivity contribution in [3.63, 3.8) is 0 Å². The van der Waals surface area contributed by atoms with E-state index in [1.165, 1.54) is 36.7 Å². The quantitative estimate of drug-likeness (QED) is 0.875. The molecule has 0 atom stereocenters. The summed E-state index contributed by atoms with van der Waals surface area (Å²) in [6.07, 6.45) is 2.50. The molecule has 104 valence electrons. The molecule has 0 aliphatic carbocycles. The van der Waals surface area contributed by atoms with Crippen molar-refractivity contribution in [1.29, 1.82) is 0 Å². The molecule has 7 nitrogen and oxygen atoms in total. The van der Waals surface area contributed by atoms with Gasteiger partial charge in [-0.2, -0.15) is 0 Å². The van der Waals surface area contributed by atoms with Crippen molar-refractivity contribution in [1.82, 2.24) is 9.97 Å². The Hall–Kier alpha value is -2.19. The van der Waals surface area contributed by atoms with Crippen molar-refractivity contribution in [3.8, 4) is 0 Å². The zero-order chi connectivity index (χ0) is 14.8. The zero-order valence-electron chi connectivity index (χ0n) is 9.95. The Bertz CT molecular complexity index is 747. The summed E-state index contributed by atoms with van der Waals surface area (Å²) in [5.41, 5.74) is 5.29. The Kier molecular flexibility index (Phi) is 3.86. The van der Waals surface area contributed by atoms with E-state index < -0.39 is 15.9 Å². The first-order valence-electron chi connectivity index (χ1n) is 5.29. The second-order valence-corrected chi connectivity index (χ2v) is 5.79. The van der Waals surface area contributed by atoms with Gasteiger partial charge in [-0.3, -0.25) is 14.5 Å². The normalized spacial score (nSPS) is 11.1. The summed E-state index contributed by atoms with van der Waals surface area (Å²) < 4.78 is 26.3. The van der Waals surface area contributed by atoms with E-state index >= 15 is 0 Å². The number of carbonyl (C=O) groups excluding carboxylic acids is 1. The summed E-state index contributed by atoms with van der Waals surface area (Å²) >= 11 is 5.62. The minimum absolute atomic E-state index is 0.00326. The number of aromatic nitrogens is 2. The second-order valence-electron chi connectivity index (χ2n) is 3.72. The van der Waals surface area contributed by atoms with Gasteiger partial charge in [0.25, 0.3) is 10.0 Å². The fourth-order valence-electron chi connectivity index (χ4n) is 1.39. The molecule has 0 unspecified atom stereocenters. The lowest BCUT2D eigenvalue weighted by atomic mass is 10.2. The summed E-state index contributed by atoms with van der Waals surface area (Å²) in [6.45, 7) is 0. The van der Waals surface area contributed by atoms with Crippen molar-refractivity contribution in [2.45, 2.75) is 4.90 Å². The lowest BCUT2D eigenvalue weighted by Crippen LogP contribution is -2.15. The Morgan fingerprint density at radius 3 is 2.40 bits per heavy atom. The van der Waals surface area contributed by atoms with Crippen molar-refractivity contribution in [3.05, 3.63) is 47.4 Å². The van der Waals surface area contributed by atoms with Crippen LogP contribution in [0.3, 0.4) is 0 Å². The molecule has 0 bridgehead atoms. The minimum Gasteiger partial charge on any atom is -0.366 e. The highest BCUT2D eigenvalue weighted by molar-refractivity contribution is 7.92. The van der Waals surface area contributed by atoms with Gasteiger partial charge < -0.3 is 5.73 Å². The molecule has 1 aromatic heterocycles.